The van der Waals surface area contributed by atoms with Crippen molar-refractivity contribution in [2.45, 2.75) is 0 Å². The molecule has 0 aliphatic carbocycles. The molecule has 0 unspecified atom stereocenters. The predicted octanol–water partition coefficient (Wildman–Crippen LogP) is 2.94. The number of aromatic nitrogens is 1. The summed E-state index contributed by atoms with van der Waals surface area (Å²) in [5, 5.41) is 17.8. The third-order valence-electron chi connectivity index (χ3n) is 2.61. The van der Waals surface area contributed by atoms with Crippen LogP contribution in [0.15, 0.2) is 30.5 Å². The zero-order chi connectivity index (χ0) is 14.9. The highest BCUT2D eigenvalue weighted by Gasteiger charge is 2.16. The van der Waals surface area contributed by atoms with Crippen molar-refractivity contribution in [1.82, 2.24) is 4.98 Å². The van der Waals surface area contributed by atoms with Crippen molar-refractivity contribution in [1.29, 1.82) is 0 Å². The zero-order valence-electron chi connectivity index (χ0n) is 9.80. The molecule has 7 heteroatoms. The molecule has 1 aromatic carbocycles. The molecule has 0 saturated carbocycles. The van der Waals surface area contributed by atoms with Crippen LogP contribution in [0, 0.1) is 5.82 Å². The topological polar surface area (TPSA) is 87.5 Å². The van der Waals surface area contributed by atoms with Gasteiger partial charge in [0.2, 0.25) is 0 Å². The molecule has 0 amide bonds. The van der Waals surface area contributed by atoms with E-state index in [-0.39, 0.29) is 21.8 Å². The molecule has 1 aromatic heterocycles. The molecule has 0 atom stereocenters. The van der Waals surface area contributed by atoms with Gasteiger partial charge in [-0.25, -0.2) is 19.0 Å². The fourth-order valence-electron chi connectivity index (χ4n) is 1.69. The first kappa shape index (κ1) is 14.0. The minimum atomic E-state index is -1.40. The Labute approximate surface area is 117 Å². The minimum absolute atomic E-state index is 0.00576. The third kappa shape index (κ3) is 2.60. The summed E-state index contributed by atoms with van der Waals surface area (Å²) in [5.74, 6) is -3.60. The van der Waals surface area contributed by atoms with Gasteiger partial charge >= 0.3 is 11.9 Å². The normalized spacial score (nSPS) is 10.3. The molecule has 0 fully saturated rings. The zero-order valence-corrected chi connectivity index (χ0v) is 10.6. The maximum Gasteiger partial charge on any atom is 0.338 e. The quantitative estimate of drug-likeness (QED) is 0.850. The van der Waals surface area contributed by atoms with Crippen LogP contribution in [0.5, 0.6) is 0 Å². The van der Waals surface area contributed by atoms with Gasteiger partial charge in [0, 0.05) is 11.8 Å². The summed E-state index contributed by atoms with van der Waals surface area (Å²) in [6.45, 7) is 0. The number of carbonyl (C=O) groups is 2. The van der Waals surface area contributed by atoms with Crippen molar-refractivity contribution >= 4 is 23.5 Å². The van der Waals surface area contributed by atoms with Crippen molar-refractivity contribution in [2.75, 3.05) is 0 Å². The van der Waals surface area contributed by atoms with E-state index in [1.54, 1.807) is 0 Å². The molecule has 102 valence electrons. The second-order valence-electron chi connectivity index (χ2n) is 3.86. The number of nitrogens with zero attached hydrogens (tertiary/aromatic N) is 1. The first-order valence-corrected chi connectivity index (χ1v) is 5.70. The molecule has 2 rings (SSSR count). The fraction of sp³-hybridized carbons (Fsp3) is 0. The van der Waals surface area contributed by atoms with Crippen LogP contribution >= 0.6 is 11.6 Å². The van der Waals surface area contributed by atoms with E-state index in [0.29, 0.717) is 0 Å². The Balaban J connectivity index is 2.60. The summed E-state index contributed by atoms with van der Waals surface area (Å²) >= 11 is 5.62. The first-order chi connectivity index (χ1) is 9.40. The molecule has 0 spiro atoms. The van der Waals surface area contributed by atoms with Crippen LogP contribution in [0.4, 0.5) is 4.39 Å². The predicted molar refractivity (Wildman–Crippen MR) is 68.6 cm³/mol. The Kier molecular flexibility index (Phi) is 3.67. The molecule has 2 aromatic rings. The van der Waals surface area contributed by atoms with Crippen molar-refractivity contribution in [3.05, 3.63) is 52.6 Å². The smallest absolute Gasteiger partial charge is 0.338 e. The van der Waals surface area contributed by atoms with Crippen molar-refractivity contribution < 1.29 is 24.2 Å². The lowest BCUT2D eigenvalue weighted by atomic mass is 10.0. The minimum Gasteiger partial charge on any atom is -0.478 e. The Morgan fingerprint density at radius 3 is 2.30 bits per heavy atom. The summed E-state index contributed by atoms with van der Waals surface area (Å²) < 4.78 is 13.6. The van der Waals surface area contributed by atoms with Crippen molar-refractivity contribution in [2.24, 2.45) is 0 Å². The summed E-state index contributed by atoms with van der Waals surface area (Å²) in [5.41, 5.74) is -0.285. The number of carboxylic acids is 2. The van der Waals surface area contributed by atoms with E-state index in [4.69, 9.17) is 21.8 Å². The molecule has 20 heavy (non-hydrogen) atoms. The average molecular weight is 296 g/mol. The number of halogens is 2. The molecule has 0 aliphatic heterocycles. The van der Waals surface area contributed by atoms with E-state index in [2.05, 4.69) is 4.98 Å². The Morgan fingerprint density at radius 2 is 1.75 bits per heavy atom. The van der Waals surface area contributed by atoms with Crippen LogP contribution in [-0.2, 0) is 0 Å². The second kappa shape index (κ2) is 5.26. The molecule has 0 aliphatic rings. The maximum absolute atomic E-state index is 13.6. The Bertz CT molecular complexity index is 718. The maximum atomic E-state index is 13.6. The van der Waals surface area contributed by atoms with E-state index in [0.717, 1.165) is 18.2 Å². The molecule has 1 heterocycles. The van der Waals surface area contributed by atoms with E-state index in [1.807, 2.05) is 0 Å². The summed E-state index contributed by atoms with van der Waals surface area (Å²) in [4.78, 5) is 25.6. The lowest BCUT2D eigenvalue weighted by Gasteiger charge is -2.07. The molecule has 5 nitrogen and oxygen atoms in total. The van der Waals surface area contributed by atoms with Gasteiger partial charge in [-0.3, -0.25) is 0 Å². The lowest BCUT2D eigenvalue weighted by molar-refractivity contribution is 0.0683. The van der Waals surface area contributed by atoms with Gasteiger partial charge in [0.1, 0.15) is 11.0 Å². The average Bonchev–Trinajstić information content (AvgIpc) is 2.37. The SMILES string of the molecule is O=C(O)c1ccc(-c2cnc(Cl)cc2C(=O)O)cc1F. The van der Waals surface area contributed by atoms with Gasteiger partial charge in [0.25, 0.3) is 0 Å². The monoisotopic (exact) mass is 295 g/mol. The van der Waals surface area contributed by atoms with E-state index in [1.165, 1.54) is 12.3 Å². The molecule has 0 bridgehead atoms. The number of aromatic carboxylic acids is 2. The Hall–Kier alpha value is -2.47. The van der Waals surface area contributed by atoms with Gasteiger partial charge < -0.3 is 10.2 Å². The summed E-state index contributed by atoms with van der Waals surface area (Å²) in [6.07, 6.45) is 1.20. The van der Waals surface area contributed by atoms with E-state index >= 15 is 0 Å². The van der Waals surface area contributed by atoms with Crippen LogP contribution in [-0.4, -0.2) is 27.1 Å². The Morgan fingerprint density at radius 1 is 1.10 bits per heavy atom. The third-order valence-corrected chi connectivity index (χ3v) is 2.82. The van der Waals surface area contributed by atoms with Gasteiger partial charge in [-0.15, -0.1) is 0 Å². The standard InChI is InChI=1S/C13H7ClFNO4/c14-11-4-8(13(19)20)9(5-16-11)6-1-2-7(12(17)18)10(15)3-6/h1-5H,(H,17,18)(H,19,20). The molecular weight excluding hydrogens is 289 g/mol. The molecule has 0 saturated heterocycles. The van der Waals surface area contributed by atoms with Gasteiger partial charge in [-0.1, -0.05) is 17.7 Å². The highest BCUT2D eigenvalue weighted by molar-refractivity contribution is 6.29. The van der Waals surface area contributed by atoms with Crippen LogP contribution in [0.1, 0.15) is 20.7 Å². The highest BCUT2D eigenvalue weighted by atomic mass is 35.5. The summed E-state index contributed by atoms with van der Waals surface area (Å²) in [6, 6.07) is 4.46. The van der Waals surface area contributed by atoms with Crippen LogP contribution in [0.3, 0.4) is 0 Å². The van der Waals surface area contributed by atoms with Crippen LogP contribution in [0.25, 0.3) is 11.1 Å². The van der Waals surface area contributed by atoms with Gasteiger partial charge in [-0.05, 0) is 23.8 Å². The number of pyridine rings is 1. The summed E-state index contributed by atoms with van der Waals surface area (Å²) in [7, 11) is 0. The number of hydrogen-bond acceptors (Lipinski definition) is 3. The number of hydrogen-bond donors (Lipinski definition) is 2. The highest BCUT2D eigenvalue weighted by Crippen LogP contribution is 2.26. The molecule has 0 radical (unpaired) electrons. The van der Waals surface area contributed by atoms with Gasteiger partial charge in [0.05, 0.1) is 11.1 Å². The first-order valence-electron chi connectivity index (χ1n) is 5.32. The largest absolute Gasteiger partial charge is 0.478 e. The number of benzene rings is 1. The lowest BCUT2D eigenvalue weighted by Crippen LogP contribution is -2.03. The fourth-order valence-corrected chi connectivity index (χ4v) is 1.85. The van der Waals surface area contributed by atoms with E-state index in [9.17, 15) is 14.0 Å². The molecular formula is C13H7ClFNO4. The molecule has 2 N–H and O–H groups in total. The number of rotatable bonds is 3. The van der Waals surface area contributed by atoms with Crippen molar-refractivity contribution in [3.63, 3.8) is 0 Å². The van der Waals surface area contributed by atoms with Crippen LogP contribution < -0.4 is 0 Å². The van der Waals surface area contributed by atoms with Gasteiger partial charge in [0.15, 0.2) is 0 Å². The van der Waals surface area contributed by atoms with Crippen molar-refractivity contribution in [3.8, 4) is 11.1 Å². The second-order valence-corrected chi connectivity index (χ2v) is 4.24. The van der Waals surface area contributed by atoms with Crippen LogP contribution in [0.2, 0.25) is 5.15 Å². The van der Waals surface area contributed by atoms with Gasteiger partial charge in [-0.2, -0.15) is 0 Å². The van der Waals surface area contributed by atoms with E-state index < -0.39 is 23.3 Å². The number of carboxylic acid groups (broad SMARTS) is 2.